The second-order valence-electron chi connectivity index (χ2n) is 8.24. The lowest BCUT2D eigenvalue weighted by Crippen LogP contribution is -2.45. The van der Waals surface area contributed by atoms with E-state index in [1.54, 1.807) is 0 Å². The summed E-state index contributed by atoms with van der Waals surface area (Å²) in [4.78, 5) is 23.2. The zero-order valence-corrected chi connectivity index (χ0v) is 15.5. The van der Waals surface area contributed by atoms with E-state index in [-0.39, 0.29) is 24.0 Å². The second kappa shape index (κ2) is 6.66. The van der Waals surface area contributed by atoms with Crippen molar-refractivity contribution >= 4 is 12.1 Å². The fourth-order valence-electron chi connectivity index (χ4n) is 4.96. The minimum atomic E-state index is -0.682. The summed E-state index contributed by atoms with van der Waals surface area (Å²) >= 11 is 0. The van der Waals surface area contributed by atoms with Crippen LogP contribution in [0.15, 0.2) is 48.5 Å². The summed E-state index contributed by atoms with van der Waals surface area (Å²) in [5, 5.41) is 12.0. The molecular weight excluding hydrogens is 354 g/mol. The lowest BCUT2D eigenvalue weighted by Gasteiger charge is -2.36. The summed E-state index contributed by atoms with van der Waals surface area (Å²) in [6.45, 7) is 0.319. The highest BCUT2D eigenvalue weighted by Gasteiger charge is 2.51. The lowest BCUT2D eigenvalue weighted by atomic mass is 9.76. The molecule has 3 aliphatic carbocycles. The van der Waals surface area contributed by atoms with Gasteiger partial charge in [0, 0.05) is 12.0 Å². The van der Waals surface area contributed by atoms with Crippen molar-refractivity contribution in [3.05, 3.63) is 59.7 Å². The highest BCUT2D eigenvalue weighted by atomic mass is 16.5. The van der Waals surface area contributed by atoms with Gasteiger partial charge >= 0.3 is 12.1 Å². The number of carbonyl (C=O) groups excluding carboxylic acids is 1. The number of carbonyl (C=O) groups is 2. The Morgan fingerprint density at radius 2 is 1.57 bits per heavy atom. The average molecular weight is 377 g/mol. The van der Waals surface area contributed by atoms with E-state index in [9.17, 15) is 9.59 Å². The predicted octanol–water partition coefficient (Wildman–Crippen LogP) is 4.02. The molecule has 0 heterocycles. The third-order valence-corrected chi connectivity index (χ3v) is 6.60. The molecule has 0 aromatic heterocycles. The Morgan fingerprint density at radius 3 is 2.14 bits per heavy atom. The number of alkyl carbamates (subject to hydrolysis) is 1. The molecule has 3 aliphatic rings. The Balaban J connectivity index is 1.15. The van der Waals surface area contributed by atoms with Crippen LogP contribution in [0.1, 0.15) is 36.3 Å². The van der Waals surface area contributed by atoms with E-state index >= 15 is 0 Å². The van der Waals surface area contributed by atoms with Crippen LogP contribution in [0.25, 0.3) is 11.1 Å². The molecule has 0 radical (unpaired) electrons. The van der Waals surface area contributed by atoms with Crippen LogP contribution in [0, 0.1) is 17.8 Å². The van der Waals surface area contributed by atoms with Gasteiger partial charge in [0.25, 0.3) is 0 Å². The molecule has 0 spiro atoms. The van der Waals surface area contributed by atoms with E-state index < -0.39 is 5.97 Å². The zero-order chi connectivity index (χ0) is 19.3. The molecule has 5 heteroatoms. The summed E-state index contributed by atoms with van der Waals surface area (Å²) in [5.41, 5.74) is 4.83. The van der Waals surface area contributed by atoms with Gasteiger partial charge < -0.3 is 15.2 Å². The topological polar surface area (TPSA) is 75.6 Å². The first kappa shape index (κ1) is 17.3. The molecule has 2 aromatic carbocycles. The number of rotatable bonds is 5. The number of hydrogen-bond donors (Lipinski definition) is 2. The number of ether oxygens (including phenoxy) is 1. The van der Waals surface area contributed by atoms with Crippen LogP contribution in [0.2, 0.25) is 0 Å². The monoisotopic (exact) mass is 377 g/mol. The normalized spacial score (nSPS) is 27.3. The Morgan fingerprint density at radius 1 is 0.964 bits per heavy atom. The highest BCUT2D eigenvalue weighted by Crippen LogP contribution is 2.51. The second-order valence-corrected chi connectivity index (χ2v) is 8.24. The number of carboxylic acids is 1. The molecule has 28 heavy (non-hydrogen) atoms. The van der Waals surface area contributed by atoms with Crippen molar-refractivity contribution in [1.82, 2.24) is 5.32 Å². The number of fused-ring (bicyclic) bond motifs is 3. The quantitative estimate of drug-likeness (QED) is 0.825. The number of carboxylic acid groups (broad SMARTS) is 1. The van der Waals surface area contributed by atoms with Gasteiger partial charge in [0.2, 0.25) is 0 Å². The first-order valence-corrected chi connectivity index (χ1v) is 9.96. The summed E-state index contributed by atoms with van der Waals surface area (Å²) in [6.07, 6.45) is 2.13. The van der Waals surface area contributed by atoms with Crippen molar-refractivity contribution in [3.63, 3.8) is 0 Å². The van der Waals surface area contributed by atoms with Gasteiger partial charge in [-0.05, 0) is 53.4 Å². The molecule has 5 rings (SSSR count). The maximum absolute atomic E-state index is 12.3. The van der Waals surface area contributed by atoms with E-state index in [0.717, 1.165) is 19.3 Å². The number of benzene rings is 2. The predicted molar refractivity (Wildman–Crippen MR) is 104 cm³/mol. The highest BCUT2D eigenvalue weighted by molar-refractivity contribution is 5.79. The lowest BCUT2D eigenvalue weighted by molar-refractivity contribution is -0.139. The van der Waals surface area contributed by atoms with E-state index in [2.05, 4.69) is 29.6 Å². The van der Waals surface area contributed by atoms with Crippen molar-refractivity contribution in [2.75, 3.05) is 6.61 Å². The van der Waals surface area contributed by atoms with E-state index in [1.807, 2.05) is 24.3 Å². The molecule has 2 fully saturated rings. The summed E-state index contributed by atoms with van der Waals surface area (Å²) < 4.78 is 5.57. The summed E-state index contributed by atoms with van der Waals surface area (Å²) in [7, 11) is 0. The van der Waals surface area contributed by atoms with Crippen molar-refractivity contribution in [3.8, 4) is 11.1 Å². The molecule has 2 N–H and O–H groups in total. The Hall–Kier alpha value is -2.82. The standard InChI is InChI=1S/C23H23NO4/c25-22(26)20-11-19(20)13-9-14(10-13)24-23(27)28-12-21-17-7-3-1-5-15(17)16-6-2-4-8-18(16)21/h1-8,13-14,19-21H,9-12H2,(H,24,27)(H,25,26)/t13?,14?,19?,20-/m1/s1. The number of nitrogens with one attached hydrogen (secondary N) is 1. The molecule has 1 amide bonds. The van der Waals surface area contributed by atoms with Crippen molar-refractivity contribution in [1.29, 1.82) is 0 Å². The molecular formula is C23H23NO4. The minimum absolute atomic E-state index is 0.0649. The molecule has 0 bridgehead atoms. The van der Waals surface area contributed by atoms with Crippen LogP contribution in [-0.2, 0) is 9.53 Å². The summed E-state index contributed by atoms with van der Waals surface area (Å²) in [6, 6.07) is 16.7. The van der Waals surface area contributed by atoms with Gasteiger partial charge in [-0.1, -0.05) is 48.5 Å². The van der Waals surface area contributed by atoms with E-state index in [0.29, 0.717) is 18.4 Å². The first-order valence-electron chi connectivity index (χ1n) is 9.96. The summed E-state index contributed by atoms with van der Waals surface area (Å²) in [5.74, 6) is -0.0496. The molecule has 1 unspecified atom stereocenters. The number of hydrogen-bond acceptors (Lipinski definition) is 3. The molecule has 5 nitrogen and oxygen atoms in total. The van der Waals surface area contributed by atoms with Gasteiger partial charge in [-0.3, -0.25) is 4.79 Å². The third kappa shape index (κ3) is 2.95. The smallest absolute Gasteiger partial charge is 0.407 e. The molecule has 2 atom stereocenters. The SMILES string of the molecule is O=C(NC1CC(C2C[C@H]2C(=O)O)C1)OCC1c2ccccc2-c2ccccc21. The maximum Gasteiger partial charge on any atom is 0.407 e. The van der Waals surface area contributed by atoms with E-state index in [1.165, 1.54) is 22.3 Å². The Bertz CT molecular complexity index is 888. The Labute approximate surface area is 163 Å². The maximum atomic E-state index is 12.3. The molecule has 2 aromatic rings. The third-order valence-electron chi connectivity index (χ3n) is 6.60. The van der Waals surface area contributed by atoms with Crippen LogP contribution in [0.4, 0.5) is 4.79 Å². The van der Waals surface area contributed by atoms with Crippen molar-refractivity contribution in [2.45, 2.75) is 31.2 Å². The van der Waals surface area contributed by atoms with Gasteiger partial charge in [-0.15, -0.1) is 0 Å². The van der Waals surface area contributed by atoms with Crippen molar-refractivity contribution in [2.24, 2.45) is 17.8 Å². The van der Waals surface area contributed by atoms with Crippen LogP contribution < -0.4 is 5.32 Å². The zero-order valence-electron chi connectivity index (χ0n) is 15.5. The number of aliphatic carboxylic acids is 1. The van der Waals surface area contributed by atoms with Gasteiger partial charge in [-0.25, -0.2) is 4.79 Å². The van der Waals surface area contributed by atoms with Crippen LogP contribution in [-0.4, -0.2) is 29.8 Å². The van der Waals surface area contributed by atoms with Crippen molar-refractivity contribution < 1.29 is 19.4 Å². The fraction of sp³-hybridized carbons (Fsp3) is 0.391. The average Bonchev–Trinajstić information content (AvgIpc) is 3.39. The molecule has 2 saturated carbocycles. The van der Waals surface area contributed by atoms with Gasteiger partial charge in [-0.2, -0.15) is 0 Å². The molecule has 144 valence electrons. The minimum Gasteiger partial charge on any atom is -0.481 e. The molecule has 0 aliphatic heterocycles. The van der Waals surface area contributed by atoms with Crippen LogP contribution >= 0.6 is 0 Å². The number of amides is 1. The van der Waals surface area contributed by atoms with Crippen LogP contribution in [0.5, 0.6) is 0 Å². The van der Waals surface area contributed by atoms with E-state index in [4.69, 9.17) is 9.84 Å². The molecule has 0 saturated heterocycles. The van der Waals surface area contributed by atoms with Gasteiger partial charge in [0.05, 0.1) is 5.92 Å². The fourth-order valence-corrected chi connectivity index (χ4v) is 4.96. The van der Waals surface area contributed by atoms with Gasteiger partial charge in [0.1, 0.15) is 6.61 Å². The largest absolute Gasteiger partial charge is 0.481 e. The van der Waals surface area contributed by atoms with Crippen LogP contribution in [0.3, 0.4) is 0 Å². The van der Waals surface area contributed by atoms with Gasteiger partial charge in [0.15, 0.2) is 0 Å². The first-order chi connectivity index (χ1) is 13.6. The Kier molecular flexibility index (Phi) is 4.11.